The number of ether oxygens (including phenoxy) is 1. The molecular weight excluding hydrogens is 340 g/mol. The van der Waals surface area contributed by atoms with E-state index in [0.29, 0.717) is 13.1 Å². The van der Waals surface area contributed by atoms with Crippen LogP contribution in [0.4, 0.5) is 25.0 Å². The smallest absolute Gasteiger partial charge is 0.415 e. The second kappa shape index (κ2) is 6.84. The number of halogens is 2. The van der Waals surface area contributed by atoms with Gasteiger partial charge in [-0.3, -0.25) is 9.69 Å². The van der Waals surface area contributed by atoms with Gasteiger partial charge in [0.2, 0.25) is 0 Å². The molecule has 1 aromatic rings. The number of cyclic esters (lactones) is 1. The molecule has 24 heavy (non-hydrogen) atoms. The van der Waals surface area contributed by atoms with E-state index in [1.165, 1.54) is 7.05 Å². The third kappa shape index (κ3) is 3.12. The normalized spacial score (nSPS) is 21.0. The first-order valence-electron chi connectivity index (χ1n) is 7.52. The van der Waals surface area contributed by atoms with Crippen molar-refractivity contribution in [2.75, 3.05) is 48.0 Å². The summed E-state index contributed by atoms with van der Waals surface area (Å²) in [5.74, 6) is -0.296. The number of rotatable bonds is 3. The molecule has 2 saturated heterocycles. The SMILES string of the molecule is CNC(=O)[C@H]1CN(c2cc(F)c(N3CCSCC3)c(F)c2)C(=O)O1. The van der Waals surface area contributed by atoms with E-state index in [9.17, 15) is 18.4 Å². The predicted octanol–water partition coefficient (Wildman–Crippen LogP) is 1.59. The quantitative estimate of drug-likeness (QED) is 0.890. The molecule has 0 spiro atoms. The maximum absolute atomic E-state index is 14.5. The summed E-state index contributed by atoms with van der Waals surface area (Å²) in [7, 11) is 1.42. The van der Waals surface area contributed by atoms with Crippen molar-refractivity contribution in [3.05, 3.63) is 23.8 Å². The fraction of sp³-hybridized carbons (Fsp3) is 0.467. The van der Waals surface area contributed by atoms with Crippen molar-refractivity contribution < 1.29 is 23.1 Å². The minimum atomic E-state index is -0.993. The average Bonchev–Trinajstić information content (AvgIpc) is 2.96. The fourth-order valence-corrected chi connectivity index (χ4v) is 3.67. The predicted molar refractivity (Wildman–Crippen MR) is 87.6 cm³/mol. The van der Waals surface area contributed by atoms with Crippen molar-refractivity contribution in [3.63, 3.8) is 0 Å². The van der Waals surface area contributed by atoms with Crippen molar-refractivity contribution in [1.29, 1.82) is 0 Å². The summed E-state index contributed by atoms with van der Waals surface area (Å²) >= 11 is 1.74. The Bertz CT molecular complexity index is 644. The molecule has 2 aliphatic rings. The number of hydrogen-bond acceptors (Lipinski definition) is 5. The van der Waals surface area contributed by atoms with Gasteiger partial charge in [-0.15, -0.1) is 0 Å². The Morgan fingerprint density at radius 1 is 1.29 bits per heavy atom. The van der Waals surface area contributed by atoms with Crippen LogP contribution in [0.3, 0.4) is 0 Å². The number of carbonyl (C=O) groups is 2. The summed E-state index contributed by atoms with van der Waals surface area (Å²) in [6, 6.07) is 2.21. The Balaban J connectivity index is 1.85. The first kappa shape index (κ1) is 16.8. The largest absolute Gasteiger partial charge is 0.434 e. The number of amides is 2. The van der Waals surface area contributed by atoms with E-state index in [-0.39, 0.29) is 17.9 Å². The van der Waals surface area contributed by atoms with Crippen LogP contribution in [0.2, 0.25) is 0 Å². The summed E-state index contributed by atoms with van der Waals surface area (Å²) < 4.78 is 33.8. The monoisotopic (exact) mass is 357 g/mol. The lowest BCUT2D eigenvalue weighted by atomic mass is 10.2. The van der Waals surface area contributed by atoms with E-state index in [4.69, 9.17) is 4.74 Å². The van der Waals surface area contributed by atoms with Crippen molar-refractivity contribution in [2.24, 2.45) is 0 Å². The summed E-state index contributed by atoms with van der Waals surface area (Å²) in [6.07, 6.45) is -1.79. The van der Waals surface area contributed by atoms with E-state index in [1.807, 2.05) is 0 Å². The molecule has 0 unspecified atom stereocenters. The molecule has 0 saturated carbocycles. The molecule has 2 fully saturated rings. The van der Waals surface area contributed by atoms with Gasteiger partial charge >= 0.3 is 6.09 Å². The van der Waals surface area contributed by atoms with Crippen molar-refractivity contribution in [2.45, 2.75) is 6.10 Å². The van der Waals surface area contributed by atoms with E-state index in [0.717, 1.165) is 28.5 Å². The second-order valence-electron chi connectivity index (χ2n) is 5.45. The number of anilines is 2. The van der Waals surface area contributed by atoms with Crippen LogP contribution >= 0.6 is 11.8 Å². The highest BCUT2D eigenvalue weighted by atomic mass is 32.2. The molecule has 1 atom stereocenters. The second-order valence-corrected chi connectivity index (χ2v) is 6.68. The Kier molecular flexibility index (Phi) is 4.79. The molecule has 2 amide bonds. The lowest BCUT2D eigenvalue weighted by Crippen LogP contribution is -2.35. The van der Waals surface area contributed by atoms with E-state index >= 15 is 0 Å². The molecule has 130 valence electrons. The number of carbonyl (C=O) groups excluding carboxylic acids is 2. The molecule has 1 aromatic carbocycles. The highest BCUT2D eigenvalue weighted by molar-refractivity contribution is 7.99. The van der Waals surface area contributed by atoms with Crippen molar-refractivity contribution in [1.82, 2.24) is 5.32 Å². The van der Waals surface area contributed by atoms with Crippen LogP contribution in [-0.4, -0.2) is 56.3 Å². The van der Waals surface area contributed by atoms with Gasteiger partial charge in [0.1, 0.15) is 5.69 Å². The molecule has 2 heterocycles. The zero-order valence-corrected chi connectivity index (χ0v) is 13.9. The van der Waals surface area contributed by atoms with Crippen LogP contribution in [0.1, 0.15) is 0 Å². The minimum absolute atomic E-state index is 0.0385. The van der Waals surface area contributed by atoms with Gasteiger partial charge in [-0.1, -0.05) is 0 Å². The minimum Gasteiger partial charge on any atom is -0.434 e. The Labute approximate surface area is 142 Å². The number of hydrogen-bond donors (Lipinski definition) is 1. The van der Waals surface area contributed by atoms with Crippen LogP contribution < -0.4 is 15.1 Å². The van der Waals surface area contributed by atoms with Crippen LogP contribution in [0, 0.1) is 11.6 Å². The number of nitrogens with zero attached hydrogens (tertiary/aromatic N) is 2. The zero-order chi connectivity index (χ0) is 17.3. The Hall–Kier alpha value is -2.03. The van der Waals surface area contributed by atoms with Crippen molar-refractivity contribution >= 4 is 35.1 Å². The van der Waals surface area contributed by atoms with E-state index in [1.54, 1.807) is 16.7 Å². The third-order valence-corrected chi connectivity index (χ3v) is 4.93. The lowest BCUT2D eigenvalue weighted by molar-refractivity contribution is -0.127. The highest BCUT2D eigenvalue weighted by Gasteiger charge is 2.37. The molecule has 0 radical (unpaired) electrons. The van der Waals surface area contributed by atoms with Gasteiger partial charge < -0.3 is 15.0 Å². The molecule has 0 aromatic heterocycles. The lowest BCUT2D eigenvalue weighted by Gasteiger charge is -2.29. The molecular formula is C15H17F2N3O3S. The first-order valence-corrected chi connectivity index (χ1v) is 8.68. The molecule has 9 heteroatoms. The van der Waals surface area contributed by atoms with Gasteiger partial charge in [-0.05, 0) is 0 Å². The van der Waals surface area contributed by atoms with Gasteiger partial charge in [0.05, 0.1) is 12.2 Å². The van der Waals surface area contributed by atoms with Crippen LogP contribution in [0.25, 0.3) is 0 Å². The van der Waals surface area contributed by atoms with Gasteiger partial charge in [0, 0.05) is 43.8 Å². The summed E-state index contributed by atoms with van der Waals surface area (Å²) in [4.78, 5) is 26.2. The van der Waals surface area contributed by atoms with Crippen LogP contribution in [-0.2, 0) is 9.53 Å². The number of nitrogens with one attached hydrogen (secondary N) is 1. The van der Waals surface area contributed by atoms with Crippen LogP contribution in [0.15, 0.2) is 12.1 Å². The van der Waals surface area contributed by atoms with Gasteiger partial charge in [0.15, 0.2) is 17.7 Å². The summed E-state index contributed by atoms with van der Waals surface area (Å²) in [6.45, 7) is 1.06. The maximum Gasteiger partial charge on any atom is 0.415 e. The number of thioether (sulfide) groups is 1. The van der Waals surface area contributed by atoms with Crippen LogP contribution in [0.5, 0.6) is 0 Å². The molecule has 2 aliphatic heterocycles. The van der Waals surface area contributed by atoms with Gasteiger partial charge in [-0.25, -0.2) is 13.6 Å². The summed E-state index contributed by atoms with van der Waals surface area (Å²) in [5.41, 5.74) is -0.0361. The molecule has 3 rings (SSSR count). The van der Waals surface area contributed by atoms with E-state index in [2.05, 4.69) is 5.32 Å². The number of benzene rings is 1. The topological polar surface area (TPSA) is 61.9 Å². The molecule has 0 bridgehead atoms. The summed E-state index contributed by atoms with van der Waals surface area (Å²) in [5, 5.41) is 2.37. The maximum atomic E-state index is 14.5. The highest BCUT2D eigenvalue weighted by Crippen LogP contribution is 2.32. The molecule has 6 nitrogen and oxygen atoms in total. The van der Waals surface area contributed by atoms with Crippen molar-refractivity contribution in [3.8, 4) is 0 Å². The van der Waals surface area contributed by atoms with E-state index < -0.39 is 29.7 Å². The number of likely N-dealkylation sites (N-methyl/N-ethyl adjacent to an activating group) is 1. The third-order valence-electron chi connectivity index (χ3n) is 3.99. The average molecular weight is 357 g/mol. The zero-order valence-electron chi connectivity index (χ0n) is 13.1. The Morgan fingerprint density at radius 3 is 2.50 bits per heavy atom. The standard InChI is InChI=1S/C15H17F2N3O3S/c1-18-14(21)12-8-20(15(22)23-12)9-6-10(16)13(11(17)7-9)19-2-4-24-5-3-19/h6-7,12H,2-5,8H2,1H3,(H,18,21)/t12-/m1/s1. The Morgan fingerprint density at radius 2 is 1.92 bits per heavy atom. The first-order chi connectivity index (χ1) is 11.5. The molecule has 0 aliphatic carbocycles. The van der Waals surface area contributed by atoms with Gasteiger partial charge in [0.25, 0.3) is 5.91 Å². The molecule has 1 N–H and O–H groups in total. The van der Waals surface area contributed by atoms with Gasteiger partial charge in [-0.2, -0.15) is 11.8 Å². The fourth-order valence-electron chi connectivity index (χ4n) is 2.77.